The van der Waals surface area contributed by atoms with Crippen molar-refractivity contribution in [3.63, 3.8) is 0 Å². The second-order valence-corrected chi connectivity index (χ2v) is 6.35. The van der Waals surface area contributed by atoms with E-state index in [0.717, 1.165) is 0 Å². The first-order valence-electron chi connectivity index (χ1n) is 8.13. The maximum atomic E-state index is 12.1. The molecule has 28 heavy (non-hydrogen) atoms. The summed E-state index contributed by atoms with van der Waals surface area (Å²) in [7, 11) is 2.84. The Bertz CT molecular complexity index is 950. The molecule has 3 aromatic rings. The highest BCUT2D eigenvalue weighted by Gasteiger charge is 2.13. The van der Waals surface area contributed by atoms with Gasteiger partial charge in [-0.25, -0.2) is 4.79 Å². The van der Waals surface area contributed by atoms with Crippen LogP contribution in [0.3, 0.4) is 0 Å². The molecular formula is C18H17N3O6S. The monoisotopic (exact) mass is 403 g/mol. The average Bonchev–Trinajstić information content (AvgIpc) is 3.39. The second-order valence-electron chi connectivity index (χ2n) is 5.42. The van der Waals surface area contributed by atoms with Crippen molar-refractivity contribution in [3.05, 3.63) is 59.4 Å². The van der Waals surface area contributed by atoms with Gasteiger partial charge in [-0.2, -0.15) is 0 Å². The van der Waals surface area contributed by atoms with Gasteiger partial charge in [-0.05, 0) is 36.4 Å². The number of aromatic nitrogens is 2. The maximum absolute atomic E-state index is 12.1. The van der Waals surface area contributed by atoms with Crippen LogP contribution in [0.25, 0.3) is 0 Å². The number of nitrogens with zero attached hydrogens (tertiary/aromatic N) is 2. The zero-order chi connectivity index (χ0) is 19.9. The number of hydrogen-bond acceptors (Lipinski definition) is 9. The molecule has 1 N–H and O–H groups in total. The Morgan fingerprint density at radius 2 is 1.86 bits per heavy atom. The summed E-state index contributed by atoms with van der Waals surface area (Å²) in [5.74, 6) is 1.24. The Morgan fingerprint density at radius 3 is 2.57 bits per heavy atom. The molecule has 0 unspecified atom stereocenters. The van der Waals surface area contributed by atoms with Crippen molar-refractivity contribution in [1.82, 2.24) is 15.5 Å². The number of ether oxygens (including phenoxy) is 2. The summed E-state index contributed by atoms with van der Waals surface area (Å²) in [6.45, 7) is 0.103. The predicted molar refractivity (Wildman–Crippen MR) is 98.1 cm³/mol. The number of thioether (sulfide) groups is 1. The zero-order valence-corrected chi connectivity index (χ0v) is 15.9. The topological polar surface area (TPSA) is 117 Å². The molecule has 0 bridgehead atoms. The summed E-state index contributed by atoms with van der Waals surface area (Å²) in [5, 5.41) is 10.8. The molecule has 0 spiro atoms. The number of benzene rings is 1. The van der Waals surface area contributed by atoms with Gasteiger partial charge in [0, 0.05) is 5.56 Å². The van der Waals surface area contributed by atoms with E-state index in [2.05, 4.69) is 20.3 Å². The van der Waals surface area contributed by atoms with E-state index in [1.165, 1.54) is 24.9 Å². The van der Waals surface area contributed by atoms with Crippen LogP contribution in [-0.4, -0.2) is 36.3 Å². The lowest BCUT2D eigenvalue weighted by molar-refractivity contribution is 0.0563. The second kappa shape index (κ2) is 9.09. The van der Waals surface area contributed by atoms with Crippen LogP contribution >= 0.6 is 11.8 Å². The van der Waals surface area contributed by atoms with Gasteiger partial charge >= 0.3 is 5.97 Å². The van der Waals surface area contributed by atoms with Crippen LogP contribution in [0.1, 0.15) is 32.6 Å². The van der Waals surface area contributed by atoms with Crippen LogP contribution in [0.5, 0.6) is 5.75 Å². The third-order valence-corrected chi connectivity index (χ3v) is 4.43. The quantitative estimate of drug-likeness (QED) is 0.447. The normalized spacial score (nSPS) is 10.5. The summed E-state index contributed by atoms with van der Waals surface area (Å²) in [4.78, 5) is 23.5. The lowest BCUT2D eigenvalue weighted by atomic mass is 10.2. The molecule has 0 fully saturated rings. The predicted octanol–water partition coefficient (Wildman–Crippen LogP) is 2.68. The van der Waals surface area contributed by atoms with Crippen molar-refractivity contribution in [2.45, 2.75) is 17.5 Å². The number of methoxy groups -OCH3 is 2. The summed E-state index contributed by atoms with van der Waals surface area (Å²) in [6, 6.07) is 9.94. The smallest absolute Gasteiger partial charge is 0.373 e. The summed E-state index contributed by atoms with van der Waals surface area (Å²) in [5.41, 5.74) is 0.495. The minimum Gasteiger partial charge on any atom is -0.497 e. The van der Waals surface area contributed by atoms with E-state index in [4.69, 9.17) is 13.6 Å². The fraction of sp³-hybridized carbons (Fsp3) is 0.222. The minimum atomic E-state index is -0.538. The number of nitrogens with one attached hydrogen (secondary N) is 1. The van der Waals surface area contributed by atoms with E-state index >= 15 is 0 Å². The highest BCUT2D eigenvalue weighted by Crippen LogP contribution is 2.23. The van der Waals surface area contributed by atoms with E-state index in [-0.39, 0.29) is 24.1 Å². The number of amides is 1. The summed E-state index contributed by atoms with van der Waals surface area (Å²) < 4.78 is 20.5. The molecule has 9 nitrogen and oxygen atoms in total. The van der Waals surface area contributed by atoms with E-state index in [0.29, 0.717) is 28.0 Å². The van der Waals surface area contributed by atoms with Crippen molar-refractivity contribution in [2.75, 3.05) is 14.2 Å². The van der Waals surface area contributed by atoms with Crippen molar-refractivity contribution >= 4 is 23.6 Å². The molecule has 146 valence electrons. The SMILES string of the molecule is COC(=O)c1ccc(CSc2nnc(CNC(=O)c3ccc(OC)cc3)o2)o1. The van der Waals surface area contributed by atoms with Gasteiger partial charge in [0.1, 0.15) is 11.5 Å². The van der Waals surface area contributed by atoms with Gasteiger partial charge in [-0.15, -0.1) is 10.2 Å². The number of esters is 1. The maximum Gasteiger partial charge on any atom is 0.373 e. The van der Waals surface area contributed by atoms with Gasteiger partial charge in [0.25, 0.3) is 11.1 Å². The number of furan rings is 1. The molecule has 0 aliphatic carbocycles. The Balaban J connectivity index is 1.49. The van der Waals surface area contributed by atoms with Crippen LogP contribution in [0.4, 0.5) is 0 Å². The highest BCUT2D eigenvalue weighted by molar-refractivity contribution is 7.98. The van der Waals surface area contributed by atoms with E-state index in [1.54, 1.807) is 37.4 Å². The van der Waals surface area contributed by atoms with Crippen molar-refractivity contribution in [1.29, 1.82) is 0 Å². The molecule has 0 saturated carbocycles. The number of carbonyl (C=O) groups is 2. The molecule has 0 saturated heterocycles. The average molecular weight is 403 g/mol. The standard InChI is InChI=1S/C18H17N3O6S/c1-24-12-5-3-11(4-6-12)16(22)19-9-15-20-21-18(27-15)28-10-13-7-8-14(26-13)17(23)25-2/h3-8H,9-10H2,1-2H3,(H,19,22). The van der Waals surface area contributed by atoms with Crippen LogP contribution in [0.15, 0.2) is 50.5 Å². The zero-order valence-electron chi connectivity index (χ0n) is 15.1. The number of carbonyl (C=O) groups excluding carboxylic acids is 2. The molecule has 2 heterocycles. The minimum absolute atomic E-state index is 0.103. The summed E-state index contributed by atoms with van der Waals surface area (Å²) in [6.07, 6.45) is 0. The van der Waals surface area contributed by atoms with Gasteiger partial charge in [-0.1, -0.05) is 11.8 Å². The fourth-order valence-electron chi connectivity index (χ4n) is 2.17. The fourth-order valence-corrected chi connectivity index (χ4v) is 2.84. The largest absolute Gasteiger partial charge is 0.497 e. The molecule has 3 rings (SSSR count). The van der Waals surface area contributed by atoms with Crippen molar-refractivity contribution in [2.24, 2.45) is 0 Å². The molecule has 0 atom stereocenters. The van der Waals surface area contributed by atoms with E-state index < -0.39 is 5.97 Å². The molecule has 1 amide bonds. The van der Waals surface area contributed by atoms with Crippen LogP contribution < -0.4 is 10.1 Å². The van der Waals surface area contributed by atoms with Gasteiger partial charge in [0.2, 0.25) is 11.7 Å². The Hall–Kier alpha value is -3.27. The molecule has 10 heteroatoms. The first-order chi connectivity index (χ1) is 13.6. The Morgan fingerprint density at radius 1 is 1.07 bits per heavy atom. The molecule has 0 aliphatic heterocycles. The molecule has 2 aromatic heterocycles. The molecule has 0 radical (unpaired) electrons. The first-order valence-corrected chi connectivity index (χ1v) is 9.12. The van der Waals surface area contributed by atoms with Crippen LogP contribution in [0.2, 0.25) is 0 Å². The van der Waals surface area contributed by atoms with Gasteiger partial charge in [0.05, 0.1) is 26.5 Å². The number of hydrogen-bond donors (Lipinski definition) is 1. The lowest BCUT2D eigenvalue weighted by Crippen LogP contribution is -2.22. The molecule has 0 aliphatic rings. The van der Waals surface area contributed by atoms with Gasteiger partial charge in [0.15, 0.2) is 0 Å². The van der Waals surface area contributed by atoms with E-state index in [1.807, 2.05) is 0 Å². The molecular weight excluding hydrogens is 386 g/mol. The number of rotatable bonds is 8. The van der Waals surface area contributed by atoms with Gasteiger partial charge in [-0.3, -0.25) is 4.79 Å². The van der Waals surface area contributed by atoms with Crippen molar-refractivity contribution in [3.8, 4) is 5.75 Å². The van der Waals surface area contributed by atoms with Gasteiger partial charge < -0.3 is 23.6 Å². The lowest BCUT2D eigenvalue weighted by Gasteiger charge is -2.03. The van der Waals surface area contributed by atoms with Crippen molar-refractivity contribution < 1.29 is 27.9 Å². The van der Waals surface area contributed by atoms with Crippen LogP contribution in [-0.2, 0) is 17.0 Å². The Labute approximate surface area is 164 Å². The third kappa shape index (κ3) is 4.92. The van der Waals surface area contributed by atoms with Crippen LogP contribution in [0, 0.1) is 0 Å². The highest BCUT2D eigenvalue weighted by atomic mass is 32.2. The Kier molecular flexibility index (Phi) is 6.33. The van der Waals surface area contributed by atoms with E-state index in [9.17, 15) is 9.59 Å². The third-order valence-electron chi connectivity index (χ3n) is 3.59. The molecule has 1 aromatic carbocycles. The first kappa shape index (κ1) is 19.5. The summed E-state index contributed by atoms with van der Waals surface area (Å²) >= 11 is 1.25.